The van der Waals surface area contributed by atoms with Crippen LogP contribution >= 0.6 is 0 Å². The van der Waals surface area contributed by atoms with Gasteiger partial charge in [-0.3, -0.25) is 4.79 Å². The Balaban J connectivity index is 2.10. The Morgan fingerprint density at radius 3 is 2.39 bits per heavy atom. The van der Waals surface area contributed by atoms with Crippen LogP contribution in [0.5, 0.6) is 5.75 Å². The SMILES string of the molecule is Cc1cccc(NC(=O)[C@@H](C)Oc2ccccc2C(C)C)c1C. The Morgan fingerprint density at radius 1 is 1.00 bits per heavy atom. The summed E-state index contributed by atoms with van der Waals surface area (Å²) in [7, 11) is 0. The highest BCUT2D eigenvalue weighted by atomic mass is 16.5. The maximum absolute atomic E-state index is 12.4. The van der Waals surface area contributed by atoms with Gasteiger partial charge in [-0.15, -0.1) is 0 Å². The van der Waals surface area contributed by atoms with Gasteiger partial charge in [0.15, 0.2) is 6.10 Å². The first kappa shape index (κ1) is 17.1. The fourth-order valence-electron chi connectivity index (χ4n) is 2.43. The van der Waals surface area contributed by atoms with E-state index >= 15 is 0 Å². The second-order valence-electron chi connectivity index (χ2n) is 6.19. The Kier molecular flexibility index (Phi) is 5.43. The molecular weight excluding hydrogens is 286 g/mol. The van der Waals surface area contributed by atoms with Gasteiger partial charge in [0.25, 0.3) is 5.91 Å². The molecule has 122 valence electrons. The van der Waals surface area contributed by atoms with Crippen LogP contribution in [0.1, 0.15) is 43.4 Å². The number of rotatable bonds is 5. The average Bonchev–Trinajstić information content (AvgIpc) is 2.52. The van der Waals surface area contributed by atoms with Crippen molar-refractivity contribution in [2.45, 2.75) is 46.6 Å². The third-order valence-corrected chi connectivity index (χ3v) is 4.08. The van der Waals surface area contributed by atoms with Crippen LogP contribution in [-0.2, 0) is 4.79 Å². The predicted octanol–water partition coefficient (Wildman–Crippen LogP) is 4.83. The third kappa shape index (κ3) is 4.13. The molecule has 0 fully saturated rings. The summed E-state index contributed by atoms with van der Waals surface area (Å²) >= 11 is 0. The molecule has 2 aromatic rings. The van der Waals surface area contributed by atoms with Crippen LogP contribution in [0.3, 0.4) is 0 Å². The summed E-state index contributed by atoms with van der Waals surface area (Å²) in [6.07, 6.45) is -0.560. The van der Waals surface area contributed by atoms with Crippen molar-refractivity contribution in [3.63, 3.8) is 0 Å². The van der Waals surface area contributed by atoms with Crippen molar-refractivity contribution >= 4 is 11.6 Å². The van der Waals surface area contributed by atoms with Gasteiger partial charge >= 0.3 is 0 Å². The lowest BCUT2D eigenvalue weighted by molar-refractivity contribution is -0.122. The standard InChI is InChI=1S/C20H25NO2/c1-13(2)17-10-6-7-12-19(17)23-16(5)20(22)21-18-11-8-9-14(3)15(18)4/h6-13,16H,1-5H3,(H,21,22)/t16-/m1/s1. The number of para-hydroxylation sites is 1. The molecule has 0 bridgehead atoms. The molecule has 0 saturated heterocycles. The quantitative estimate of drug-likeness (QED) is 0.858. The van der Waals surface area contributed by atoms with Crippen LogP contribution in [-0.4, -0.2) is 12.0 Å². The molecule has 1 atom stereocenters. The monoisotopic (exact) mass is 311 g/mol. The summed E-state index contributed by atoms with van der Waals surface area (Å²) in [4.78, 5) is 12.4. The summed E-state index contributed by atoms with van der Waals surface area (Å²) < 4.78 is 5.90. The minimum absolute atomic E-state index is 0.141. The molecule has 23 heavy (non-hydrogen) atoms. The van der Waals surface area contributed by atoms with Crippen LogP contribution in [0, 0.1) is 13.8 Å². The molecule has 0 radical (unpaired) electrons. The van der Waals surface area contributed by atoms with E-state index in [4.69, 9.17) is 4.74 Å². The van der Waals surface area contributed by atoms with Crippen LogP contribution < -0.4 is 10.1 Å². The molecule has 0 saturated carbocycles. The molecule has 1 amide bonds. The van der Waals surface area contributed by atoms with E-state index in [0.29, 0.717) is 5.92 Å². The maximum Gasteiger partial charge on any atom is 0.265 e. The number of hydrogen-bond donors (Lipinski definition) is 1. The molecule has 3 nitrogen and oxygen atoms in total. The largest absolute Gasteiger partial charge is 0.481 e. The van der Waals surface area contributed by atoms with Crippen LogP contribution in [0.2, 0.25) is 0 Å². The molecule has 0 aliphatic rings. The minimum Gasteiger partial charge on any atom is -0.481 e. The van der Waals surface area contributed by atoms with Crippen LogP contribution in [0.4, 0.5) is 5.69 Å². The molecule has 2 rings (SSSR count). The lowest BCUT2D eigenvalue weighted by atomic mass is 10.0. The lowest BCUT2D eigenvalue weighted by Gasteiger charge is -2.19. The van der Waals surface area contributed by atoms with Gasteiger partial charge in [-0.25, -0.2) is 0 Å². The second-order valence-corrected chi connectivity index (χ2v) is 6.19. The summed E-state index contributed by atoms with van der Waals surface area (Å²) in [5, 5.41) is 2.96. The Hall–Kier alpha value is -2.29. The zero-order chi connectivity index (χ0) is 17.0. The van der Waals surface area contributed by atoms with Crippen molar-refractivity contribution in [3.05, 3.63) is 59.2 Å². The van der Waals surface area contributed by atoms with E-state index in [1.807, 2.05) is 56.3 Å². The molecule has 1 N–H and O–H groups in total. The second kappa shape index (κ2) is 7.32. The zero-order valence-corrected chi connectivity index (χ0v) is 14.5. The van der Waals surface area contributed by atoms with Gasteiger partial charge in [-0.05, 0) is 55.5 Å². The summed E-state index contributed by atoms with van der Waals surface area (Å²) in [5.41, 5.74) is 4.18. The molecule has 0 unspecified atom stereocenters. The van der Waals surface area contributed by atoms with Gasteiger partial charge in [0.1, 0.15) is 5.75 Å². The maximum atomic E-state index is 12.4. The number of ether oxygens (including phenoxy) is 1. The highest BCUT2D eigenvalue weighted by molar-refractivity contribution is 5.94. The van der Waals surface area contributed by atoms with Crippen molar-refractivity contribution in [2.75, 3.05) is 5.32 Å². The first-order chi connectivity index (χ1) is 10.9. The van der Waals surface area contributed by atoms with E-state index in [-0.39, 0.29) is 5.91 Å². The van der Waals surface area contributed by atoms with Gasteiger partial charge in [-0.1, -0.05) is 44.2 Å². The molecule has 0 aromatic heterocycles. The number of benzene rings is 2. The molecule has 0 aliphatic carbocycles. The van der Waals surface area contributed by atoms with Crippen molar-refractivity contribution in [1.29, 1.82) is 0 Å². The summed E-state index contributed by atoms with van der Waals surface area (Å²) in [6.45, 7) is 10.0. The highest BCUT2D eigenvalue weighted by Crippen LogP contribution is 2.27. The topological polar surface area (TPSA) is 38.3 Å². The number of aryl methyl sites for hydroxylation is 1. The first-order valence-electron chi connectivity index (χ1n) is 8.02. The molecule has 0 spiro atoms. The van der Waals surface area contributed by atoms with Crippen molar-refractivity contribution in [1.82, 2.24) is 0 Å². The highest BCUT2D eigenvalue weighted by Gasteiger charge is 2.18. The molecule has 3 heteroatoms. The molecular formula is C20H25NO2. The number of nitrogens with one attached hydrogen (secondary N) is 1. The third-order valence-electron chi connectivity index (χ3n) is 4.08. The van der Waals surface area contributed by atoms with Crippen LogP contribution in [0.15, 0.2) is 42.5 Å². The number of carbonyl (C=O) groups excluding carboxylic acids is 1. The van der Waals surface area contributed by atoms with E-state index in [9.17, 15) is 4.79 Å². The van der Waals surface area contributed by atoms with E-state index in [1.54, 1.807) is 6.92 Å². The average molecular weight is 311 g/mol. The number of anilines is 1. The normalized spacial score (nSPS) is 12.1. The van der Waals surface area contributed by atoms with Gasteiger partial charge in [0, 0.05) is 5.69 Å². The minimum atomic E-state index is -0.560. The summed E-state index contributed by atoms with van der Waals surface area (Å²) in [6, 6.07) is 13.8. The zero-order valence-electron chi connectivity index (χ0n) is 14.5. The lowest BCUT2D eigenvalue weighted by Crippen LogP contribution is -2.30. The summed E-state index contributed by atoms with van der Waals surface area (Å²) in [5.74, 6) is 0.976. The van der Waals surface area contributed by atoms with Gasteiger partial charge in [-0.2, -0.15) is 0 Å². The van der Waals surface area contributed by atoms with E-state index in [2.05, 4.69) is 19.2 Å². The Bertz CT molecular complexity index is 692. The van der Waals surface area contributed by atoms with Crippen molar-refractivity contribution in [2.24, 2.45) is 0 Å². The smallest absolute Gasteiger partial charge is 0.265 e. The molecule has 2 aromatic carbocycles. The van der Waals surface area contributed by atoms with Gasteiger partial charge < -0.3 is 10.1 Å². The number of amides is 1. The van der Waals surface area contributed by atoms with E-state index in [0.717, 1.165) is 28.1 Å². The van der Waals surface area contributed by atoms with E-state index in [1.165, 1.54) is 0 Å². The van der Waals surface area contributed by atoms with Gasteiger partial charge in [0.2, 0.25) is 0 Å². The Labute approximate surface area is 138 Å². The van der Waals surface area contributed by atoms with Crippen molar-refractivity contribution in [3.8, 4) is 5.75 Å². The first-order valence-corrected chi connectivity index (χ1v) is 8.02. The fourth-order valence-corrected chi connectivity index (χ4v) is 2.43. The molecule has 0 heterocycles. The van der Waals surface area contributed by atoms with Crippen LogP contribution in [0.25, 0.3) is 0 Å². The fraction of sp³-hybridized carbons (Fsp3) is 0.350. The predicted molar refractivity (Wildman–Crippen MR) is 95.2 cm³/mol. The Morgan fingerprint density at radius 2 is 1.70 bits per heavy atom. The number of carbonyl (C=O) groups is 1. The molecule has 0 aliphatic heterocycles. The number of hydrogen-bond acceptors (Lipinski definition) is 2. The van der Waals surface area contributed by atoms with Gasteiger partial charge in [0.05, 0.1) is 0 Å². The van der Waals surface area contributed by atoms with E-state index < -0.39 is 6.10 Å². The van der Waals surface area contributed by atoms with Crippen molar-refractivity contribution < 1.29 is 9.53 Å².